The first kappa shape index (κ1) is 22.6. The Labute approximate surface area is 213 Å². The summed E-state index contributed by atoms with van der Waals surface area (Å²) in [5, 5.41) is 8.33. The molecule has 1 aliphatic heterocycles. The quantitative estimate of drug-likeness (QED) is 0.182. The Morgan fingerprint density at radius 3 is 2.29 bits per heavy atom. The first-order chi connectivity index (χ1) is 16.8. The summed E-state index contributed by atoms with van der Waals surface area (Å²) in [5.74, 6) is 1.26. The summed E-state index contributed by atoms with van der Waals surface area (Å²) in [4.78, 5) is 2.85. The predicted octanol–water partition coefficient (Wildman–Crippen LogP) is 8.81. The molecule has 35 heavy (non-hydrogen) atoms. The molecular weight excluding hydrogens is 442 g/mol. The number of aromatic nitrogens is 1. The van der Waals surface area contributed by atoms with Crippen LogP contribution in [-0.4, -0.2) is 0 Å². The molecule has 0 fully saturated rings. The van der Waals surface area contributed by atoms with Gasteiger partial charge in [-0.3, -0.25) is 0 Å². The number of hydrogen-bond acceptors (Lipinski definition) is 1. The number of fused-ring (bicyclic) bond motifs is 5. The van der Waals surface area contributed by atoms with Crippen LogP contribution in [0.5, 0.6) is 0 Å². The Balaban J connectivity index is 1.74. The summed E-state index contributed by atoms with van der Waals surface area (Å²) >= 11 is 2.00. The van der Waals surface area contributed by atoms with Crippen LogP contribution in [0, 0.1) is 18.8 Å². The first-order valence-electron chi connectivity index (χ1n) is 12.9. The monoisotopic (exact) mass is 476 g/mol. The van der Waals surface area contributed by atoms with Crippen LogP contribution in [0.15, 0.2) is 70.6 Å². The number of benzene rings is 4. The van der Waals surface area contributed by atoms with E-state index in [-0.39, 0.29) is 0 Å². The molecule has 2 heteroatoms. The van der Waals surface area contributed by atoms with Crippen LogP contribution in [0.25, 0.3) is 43.6 Å². The summed E-state index contributed by atoms with van der Waals surface area (Å²) in [7, 11) is 2.22. The highest BCUT2D eigenvalue weighted by molar-refractivity contribution is 8.00. The molecule has 1 nitrogen and oxygen atoms in total. The second kappa shape index (κ2) is 8.38. The van der Waals surface area contributed by atoms with E-state index in [2.05, 4.69) is 107 Å². The molecule has 6 rings (SSSR count). The second-order valence-electron chi connectivity index (χ2n) is 11.1. The van der Waals surface area contributed by atoms with Gasteiger partial charge in [-0.1, -0.05) is 81.9 Å². The lowest BCUT2D eigenvalue weighted by molar-refractivity contribution is -0.659. The number of pyridine rings is 1. The molecule has 2 heterocycles. The molecule has 4 aromatic carbocycles. The third-order valence-electron chi connectivity index (χ3n) is 7.50. The van der Waals surface area contributed by atoms with Crippen LogP contribution in [0.4, 0.5) is 0 Å². The van der Waals surface area contributed by atoms with Gasteiger partial charge in [-0.15, -0.1) is 0 Å². The van der Waals surface area contributed by atoms with Crippen molar-refractivity contribution in [1.82, 2.24) is 0 Å². The molecule has 0 saturated heterocycles. The summed E-state index contributed by atoms with van der Waals surface area (Å²) < 4.78 is 2.36. The molecule has 176 valence electrons. The Morgan fingerprint density at radius 1 is 0.800 bits per heavy atom. The molecule has 1 aliphatic rings. The smallest absolute Gasteiger partial charge is 0.200 e. The Kier molecular flexibility index (Phi) is 5.41. The molecule has 0 atom stereocenters. The van der Waals surface area contributed by atoms with E-state index in [1.165, 1.54) is 70.1 Å². The topological polar surface area (TPSA) is 3.88 Å². The zero-order chi connectivity index (χ0) is 24.4. The molecule has 0 amide bonds. The van der Waals surface area contributed by atoms with Gasteiger partial charge in [0, 0.05) is 21.2 Å². The highest BCUT2D eigenvalue weighted by atomic mass is 32.2. The van der Waals surface area contributed by atoms with E-state index < -0.39 is 0 Å². The lowest BCUT2D eigenvalue weighted by Crippen LogP contribution is -2.32. The maximum Gasteiger partial charge on any atom is 0.222 e. The molecule has 0 bridgehead atoms. The van der Waals surface area contributed by atoms with Crippen molar-refractivity contribution in [3.63, 3.8) is 0 Å². The number of aryl methyl sites for hydroxylation is 2. The lowest BCUT2D eigenvalue weighted by Gasteiger charge is -2.26. The minimum absolute atomic E-state index is 0.604. The van der Waals surface area contributed by atoms with E-state index in [0.717, 1.165) is 12.8 Å². The van der Waals surface area contributed by atoms with Crippen LogP contribution >= 0.6 is 11.8 Å². The maximum absolute atomic E-state index is 2.44. The standard InChI is InChI=1S/C33H34NS/c1-19(2)15-22-11-12-23-18-29-31-26(27(23)17-22)13-14-34(6)32(31)30-21(5)24-9-7-8-10-25(24)28(16-20(3)4)33(30)35-29/h7-14,17-20H,15-16H2,1-6H3/q+1. The molecule has 5 aromatic rings. The van der Waals surface area contributed by atoms with Crippen molar-refractivity contribution in [2.45, 2.75) is 57.3 Å². The minimum atomic E-state index is 0.604. The van der Waals surface area contributed by atoms with Gasteiger partial charge in [-0.2, -0.15) is 0 Å². The van der Waals surface area contributed by atoms with Crippen molar-refractivity contribution in [3.05, 3.63) is 77.5 Å². The van der Waals surface area contributed by atoms with E-state index >= 15 is 0 Å². The average Bonchev–Trinajstić information content (AvgIpc) is 2.82. The van der Waals surface area contributed by atoms with E-state index in [9.17, 15) is 0 Å². The zero-order valence-corrected chi connectivity index (χ0v) is 22.5. The van der Waals surface area contributed by atoms with Crippen LogP contribution < -0.4 is 4.57 Å². The number of nitrogens with zero attached hydrogens (tertiary/aromatic N) is 1. The molecule has 0 radical (unpaired) electrons. The fourth-order valence-corrected chi connectivity index (χ4v) is 7.43. The highest BCUT2D eigenvalue weighted by Gasteiger charge is 2.32. The van der Waals surface area contributed by atoms with Gasteiger partial charge in [0.1, 0.15) is 7.05 Å². The molecule has 0 N–H and O–H groups in total. The van der Waals surface area contributed by atoms with Gasteiger partial charge in [-0.25, -0.2) is 4.57 Å². The van der Waals surface area contributed by atoms with Gasteiger partial charge >= 0.3 is 0 Å². The molecule has 1 aromatic heterocycles. The SMILES string of the molecule is Cc1c2c(c(CC(C)C)c3ccccc13)Sc1cc3ccc(CC(C)C)cc3c3cc[n+](C)c-2c13. The largest absolute Gasteiger partial charge is 0.222 e. The van der Waals surface area contributed by atoms with E-state index in [0.29, 0.717) is 11.8 Å². The molecule has 0 spiro atoms. The van der Waals surface area contributed by atoms with E-state index in [1.807, 2.05) is 11.8 Å². The Morgan fingerprint density at radius 2 is 1.54 bits per heavy atom. The normalized spacial score (nSPS) is 12.9. The van der Waals surface area contributed by atoms with Crippen molar-refractivity contribution in [3.8, 4) is 11.3 Å². The Hall–Kier alpha value is -2.84. The first-order valence-corrected chi connectivity index (χ1v) is 13.8. The predicted molar refractivity (Wildman–Crippen MR) is 152 cm³/mol. The van der Waals surface area contributed by atoms with Crippen LogP contribution in [0.3, 0.4) is 0 Å². The van der Waals surface area contributed by atoms with Gasteiger partial charge in [0.25, 0.3) is 0 Å². The minimum Gasteiger partial charge on any atom is -0.200 e. The maximum atomic E-state index is 2.44. The third-order valence-corrected chi connectivity index (χ3v) is 8.70. The molecular formula is C33H34NS+. The van der Waals surface area contributed by atoms with Crippen molar-refractivity contribution >= 4 is 44.1 Å². The average molecular weight is 477 g/mol. The van der Waals surface area contributed by atoms with Gasteiger partial charge in [0.05, 0.1) is 10.9 Å². The highest BCUT2D eigenvalue weighted by Crippen LogP contribution is 2.53. The van der Waals surface area contributed by atoms with E-state index in [4.69, 9.17) is 0 Å². The summed E-state index contributed by atoms with van der Waals surface area (Å²) in [6, 6.07) is 20.9. The fraction of sp³-hybridized carbons (Fsp3) is 0.303. The van der Waals surface area contributed by atoms with Gasteiger partial charge in [0.2, 0.25) is 5.69 Å². The van der Waals surface area contributed by atoms with E-state index in [1.54, 1.807) is 0 Å². The number of rotatable bonds is 4. The van der Waals surface area contributed by atoms with Crippen LogP contribution in [0.1, 0.15) is 44.4 Å². The van der Waals surface area contributed by atoms with Gasteiger partial charge < -0.3 is 0 Å². The van der Waals surface area contributed by atoms with Crippen molar-refractivity contribution in [1.29, 1.82) is 0 Å². The summed E-state index contributed by atoms with van der Waals surface area (Å²) in [6.45, 7) is 11.6. The van der Waals surface area contributed by atoms with Crippen LogP contribution in [0.2, 0.25) is 0 Å². The summed E-state index contributed by atoms with van der Waals surface area (Å²) in [5.41, 5.74) is 7.15. The van der Waals surface area contributed by atoms with Crippen molar-refractivity contribution < 1.29 is 4.57 Å². The summed E-state index contributed by atoms with van der Waals surface area (Å²) in [6.07, 6.45) is 4.48. The van der Waals surface area contributed by atoms with Gasteiger partial charge in [-0.05, 0) is 75.9 Å². The Bertz CT molecular complexity index is 1640. The number of hydrogen-bond donors (Lipinski definition) is 0. The molecule has 0 aliphatic carbocycles. The van der Waals surface area contributed by atoms with Crippen molar-refractivity contribution in [2.24, 2.45) is 18.9 Å². The molecule has 0 unspecified atom stereocenters. The second-order valence-corrected chi connectivity index (χ2v) is 12.2. The lowest BCUT2D eigenvalue weighted by atomic mass is 9.87. The van der Waals surface area contributed by atoms with Gasteiger partial charge in [0.15, 0.2) is 6.20 Å². The van der Waals surface area contributed by atoms with Crippen LogP contribution in [-0.2, 0) is 19.9 Å². The third kappa shape index (κ3) is 3.57. The molecule has 0 saturated carbocycles. The van der Waals surface area contributed by atoms with Crippen molar-refractivity contribution in [2.75, 3.05) is 0 Å². The zero-order valence-electron chi connectivity index (χ0n) is 21.7. The fourth-order valence-electron chi connectivity index (χ4n) is 6.05.